The molecule has 0 aliphatic carbocycles. The first-order chi connectivity index (χ1) is 19.5. The second-order valence-electron chi connectivity index (χ2n) is 12.0. The molecule has 0 fully saturated rings. The van der Waals surface area contributed by atoms with Crippen LogP contribution in [0.15, 0.2) is 71.2 Å². The summed E-state index contributed by atoms with van der Waals surface area (Å²) in [5, 5.41) is 12.3. The number of halogens is 1. The summed E-state index contributed by atoms with van der Waals surface area (Å²) >= 11 is 3.56. The molecule has 1 aromatic heterocycles. The third-order valence-corrected chi connectivity index (χ3v) is 15.5. The molecule has 3 aromatic carbocycles. The number of hydrogen-bond donors (Lipinski definition) is 1. The molecular weight excluding hydrogens is 590 g/mol. The van der Waals surface area contributed by atoms with Crippen molar-refractivity contribution in [2.45, 2.75) is 77.6 Å². The van der Waals surface area contributed by atoms with Crippen LogP contribution in [0.3, 0.4) is 0 Å². The second kappa shape index (κ2) is 13.2. The second-order valence-corrected chi connectivity index (χ2v) is 18.3. The van der Waals surface area contributed by atoms with Gasteiger partial charge in [-0.25, -0.2) is 4.98 Å². The van der Waals surface area contributed by atoms with Crippen LogP contribution >= 0.6 is 15.9 Å². The Labute approximate surface area is 255 Å². The number of nitrogens with zero attached hydrogens (tertiary/aromatic N) is 1. The van der Waals surface area contributed by atoms with Gasteiger partial charge in [0.15, 0.2) is 8.32 Å². The number of rotatable bonds is 11. The fourth-order valence-corrected chi connectivity index (χ4v) is 12.2. The van der Waals surface area contributed by atoms with Crippen LogP contribution in [-0.4, -0.2) is 32.1 Å². The first-order valence-electron chi connectivity index (χ1n) is 14.6. The van der Waals surface area contributed by atoms with Crippen LogP contribution in [0.2, 0.25) is 16.6 Å². The highest BCUT2D eigenvalue weighted by atomic mass is 79.9. The maximum absolute atomic E-state index is 11.3. The number of aliphatic hydroxyl groups is 1. The normalized spacial score (nSPS) is 13.0. The topological polar surface area (TPSA) is 51.6 Å². The number of methoxy groups -OCH3 is 1. The largest absolute Gasteiger partial charge is 0.481 e. The van der Waals surface area contributed by atoms with Crippen molar-refractivity contribution >= 4 is 35.2 Å². The maximum Gasteiger partial charge on any atom is 0.214 e. The van der Waals surface area contributed by atoms with Crippen LogP contribution in [0.5, 0.6) is 5.88 Å². The van der Waals surface area contributed by atoms with Crippen LogP contribution in [0.4, 0.5) is 0 Å². The van der Waals surface area contributed by atoms with E-state index in [2.05, 4.69) is 87.8 Å². The van der Waals surface area contributed by atoms with Crippen molar-refractivity contribution in [1.29, 1.82) is 0 Å². The lowest BCUT2D eigenvalue weighted by molar-refractivity contribution is 0.220. The summed E-state index contributed by atoms with van der Waals surface area (Å²) in [5.41, 5.74) is 8.68. The minimum atomic E-state index is -1.91. The lowest BCUT2D eigenvalue weighted by Gasteiger charge is -2.42. The Bertz CT molecular complexity index is 1480. The molecular formula is C35H44BrNO3Si. The number of aryl methyl sites for hydroxylation is 1. The zero-order valence-electron chi connectivity index (χ0n) is 25.7. The fourth-order valence-electron chi connectivity index (χ4n) is 6.50. The lowest BCUT2D eigenvalue weighted by Crippen LogP contribution is -2.48. The Balaban J connectivity index is 1.68. The predicted octanol–water partition coefficient (Wildman–Crippen LogP) is 9.80. The molecule has 0 amide bonds. The molecule has 4 aromatic rings. The van der Waals surface area contributed by atoms with Gasteiger partial charge >= 0.3 is 0 Å². The van der Waals surface area contributed by atoms with Crippen LogP contribution < -0.4 is 4.74 Å². The first-order valence-corrected chi connectivity index (χ1v) is 17.6. The summed E-state index contributed by atoms with van der Waals surface area (Å²) in [6.07, 6.45) is 0.124. The van der Waals surface area contributed by atoms with Gasteiger partial charge in [0, 0.05) is 22.5 Å². The van der Waals surface area contributed by atoms with Crippen LogP contribution in [0, 0.1) is 6.92 Å². The summed E-state index contributed by atoms with van der Waals surface area (Å²) < 4.78 is 13.5. The first kappa shape index (κ1) is 31.4. The maximum atomic E-state index is 11.3. The summed E-state index contributed by atoms with van der Waals surface area (Å²) in [4.78, 5) is 4.70. The fraction of sp³-hybridized carbons (Fsp3) is 0.400. The van der Waals surface area contributed by atoms with Crippen molar-refractivity contribution in [2.75, 3.05) is 13.7 Å². The number of pyridine rings is 1. The molecule has 4 rings (SSSR count). The minimum absolute atomic E-state index is 0.565. The predicted molar refractivity (Wildman–Crippen MR) is 177 cm³/mol. The van der Waals surface area contributed by atoms with E-state index in [0.717, 1.165) is 56.2 Å². The van der Waals surface area contributed by atoms with E-state index < -0.39 is 14.4 Å². The molecule has 1 atom stereocenters. The Morgan fingerprint density at radius 2 is 1.51 bits per heavy atom. The van der Waals surface area contributed by atoms with E-state index in [0.29, 0.717) is 22.5 Å². The van der Waals surface area contributed by atoms with E-state index in [4.69, 9.17) is 14.1 Å². The monoisotopic (exact) mass is 633 g/mol. The number of fused-ring (bicyclic) bond motifs is 1. The molecule has 0 aliphatic rings. The van der Waals surface area contributed by atoms with Gasteiger partial charge in [-0.3, -0.25) is 0 Å². The number of ether oxygens (including phenoxy) is 1. The number of aliphatic hydroxyl groups excluding tert-OH is 1. The van der Waals surface area contributed by atoms with Gasteiger partial charge in [-0.05, 0) is 81.5 Å². The summed E-state index contributed by atoms with van der Waals surface area (Å²) in [6, 6.07) is 22.6. The Hall–Kier alpha value is -2.51. The molecule has 0 aliphatic heterocycles. The summed E-state index contributed by atoms with van der Waals surface area (Å²) in [5.74, 6) is 0.569. The Morgan fingerprint density at radius 3 is 2.15 bits per heavy atom. The molecule has 41 heavy (non-hydrogen) atoms. The van der Waals surface area contributed by atoms with Gasteiger partial charge in [0.05, 0.1) is 12.6 Å². The molecule has 6 heteroatoms. The zero-order chi connectivity index (χ0) is 29.9. The summed E-state index contributed by atoms with van der Waals surface area (Å²) in [7, 11) is -0.264. The third kappa shape index (κ3) is 6.61. The van der Waals surface area contributed by atoms with Gasteiger partial charge < -0.3 is 14.3 Å². The van der Waals surface area contributed by atoms with E-state index in [1.54, 1.807) is 7.11 Å². The highest BCUT2D eigenvalue weighted by molar-refractivity contribution is 9.10. The zero-order valence-corrected chi connectivity index (χ0v) is 28.2. The van der Waals surface area contributed by atoms with Gasteiger partial charge in [-0.2, -0.15) is 0 Å². The molecule has 0 radical (unpaired) electrons. The molecule has 1 unspecified atom stereocenters. The van der Waals surface area contributed by atoms with Crippen molar-refractivity contribution < 1.29 is 14.3 Å². The van der Waals surface area contributed by atoms with Gasteiger partial charge in [-0.1, -0.05) is 99.9 Å². The third-order valence-electron chi connectivity index (χ3n) is 8.52. The molecule has 1 N–H and O–H groups in total. The number of hydrogen-bond acceptors (Lipinski definition) is 4. The van der Waals surface area contributed by atoms with Crippen molar-refractivity contribution in [2.24, 2.45) is 0 Å². The highest BCUT2D eigenvalue weighted by Gasteiger charge is 2.44. The van der Waals surface area contributed by atoms with E-state index in [1.165, 1.54) is 5.56 Å². The molecule has 218 valence electrons. The molecule has 0 saturated carbocycles. The van der Waals surface area contributed by atoms with Crippen LogP contribution in [0.1, 0.15) is 69.9 Å². The molecule has 0 saturated heterocycles. The van der Waals surface area contributed by atoms with Crippen molar-refractivity contribution in [3.8, 4) is 17.0 Å². The lowest BCUT2D eigenvalue weighted by atomic mass is 9.94. The molecule has 0 bridgehead atoms. The van der Waals surface area contributed by atoms with Crippen LogP contribution in [0.25, 0.3) is 22.0 Å². The van der Waals surface area contributed by atoms with Gasteiger partial charge in [0.2, 0.25) is 5.88 Å². The highest BCUT2D eigenvalue weighted by Crippen LogP contribution is 2.42. The summed E-state index contributed by atoms with van der Waals surface area (Å²) in [6.45, 7) is 16.7. The minimum Gasteiger partial charge on any atom is -0.481 e. The average molecular weight is 635 g/mol. The SMILES string of the molecule is COc1cc(-c2cccc(CCO[Si](C(C)C)(C(C)C)C(C)C)c2)c2cc(C(O)c3ccc(Br)c(C)c3)ccc2n1. The van der Waals surface area contributed by atoms with Crippen molar-refractivity contribution in [1.82, 2.24) is 4.98 Å². The quantitative estimate of drug-likeness (QED) is 0.167. The standard InChI is InChI=1S/C35H44BrNO3Si/c1-22(2)41(23(3)4,24(5)6)40-17-16-26-10-9-11-27(19-26)30-21-34(39-8)37-33-15-13-29(20-31(30)33)35(38)28-12-14-32(36)25(7)18-28/h9-15,18-24,35,38H,16-17H2,1-8H3. The smallest absolute Gasteiger partial charge is 0.214 e. The number of aromatic nitrogens is 1. The van der Waals surface area contributed by atoms with Gasteiger partial charge in [-0.15, -0.1) is 0 Å². The van der Waals surface area contributed by atoms with E-state index in [1.807, 2.05) is 43.3 Å². The molecule has 4 nitrogen and oxygen atoms in total. The Kier molecular flexibility index (Phi) is 10.1. The number of benzene rings is 3. The molecule has 1 heterocycles. The van der Waals surface area contributed by atoms with E-state index >= 15 is 0 Å². The van der Waals surface area contributed by atoms with Gasteiger partial charge in [0.1, 0.15) is 6.10 Å². The van der Waals surface area contributed by atoms with Crippen molar-refractivity contribution in [3.63, 3.8) is 0 Å². The van der Waals surface area contributed by atoms with E-state index in [-0.39, 0.29) is 0 Å². The van der Waals surface area contributed by atoms with Crippen molar-refractivity contribution in [3.05, 3.63) is 93.5 Å². The molecule has 0 spiro atoms. The van der Waals surface area contributed by atoms with Gasteiger partial charge in [0.25, 0.3) is 0 Å². The Morgan fingerprint density at radius 1 is 0.854 bits per heavy atom. The van der Waals surface area contributed by atoms with Crippen LogP contribution in [-0.2, 0) is 10.8 Å². The van der Waals surface area contributed by atoms with E-state index in [9.17, 15) is 5.11 Å². The average Bonchev–Trinajstić information content (AvgIpc) is 2.95.